The molecule has 7 heteroatoms. The Morgan fingerprint density at radius 3 is 2.60 bits per heavy atom. The Morgan fingerprint density at radius 1 is 1.25 bits per heavy atom. The molecule has 1 heterocycles. The number of rotatable bonds is 5. The van der Waals surface area contributed by atoms with E-state index < -0.39 is 11.2 Å². The molecule has 0 atom stereocenters. The van der Waals surface area contributed by atoms with Crippen LogP contribution in [0.3, 0.4) is 0 Å². The van der Waals surface area contributed by atoms with Gasteiger partial charge in [0.2, 0.25) is 0 Å². The summed E-state index contributed by atoms with van der Waals surface area (Å²) < 4.78 is 1.27. The zero-order valence-electron chi connectivity index (χ0n) is 10.8. The van der Waals surface area contributed by atoms with Gasteiger partial charge in [0, 0.05) is 6.54 Å². The Labute approximate surface area is 114 Å². The van der Waals surface area contributed by atoms with Crippen LogP contribution >= 0.6 is 0 Å². The fraction of sp³-hybridized carbons (Fsp3) is 0.231. The molecule has 1 aromatic carbocycles. The summed E-state index contributed by atoms with van der Waals surface area (Å²) in [5.74, 6) is 0.0519. The number of aromatic amines is 1. The number of aromatic nitrogens is 2. The molecule has 1 aromatic heterocycles. The van der Waals surface area contributed by atoms with Gasteiger partial charge in [-0.3, -0.25) is 14.3 Å². The number of H-pyrrole nitrogens is 1. The number of nitrogens with two attached hydrogens (primary N) is 1. The molecule has 0 amide bonds. The minimum atomic E-state index is -0.592. The summed E-state index contributed by atoms with van der Waals surface area (Å²) in [6.45, 7) is 0.295. The van der Waals surface area contributed by atoms with Crippen LogP contribution in [0, 0.1) is 0 Å². The van der Waals surface area contributed by atoms with Crippen molar-refractivity contribution in [3.63, 3.8) is 0 Å². The van der Waals surface area contributed by atoms with Crippen molar-refractivity contribution >= 4 is 11.5 Å². The fourth-order valence-corrected chi connectivity index (χ4v) is 1.86. The largest absolute Gasteiger partial charge is 0.395 e. The Bertz CT molecular complexity index is 691. The molecule has 2 rings (SSSR count). The normalized spacial score (nSPS) is 10.4. The third-order valence-corrected chi connectivity index (χ3v) is 2.84. The van der Waals surface area contributed by atoms with Gasteiger partial charge in [0.1, 0.15) is 11.5 Å². The molecule has 0 radical (unpaired) electrons. The van der Waals surface area contributed by atoms with E-state index in [1.165, 1.54) is 4.57 Å². The Kier molecular flexibility index (Phi) is 4.21. The standard InChI is InChI=1S/C13H16N4O3/c14-11-10(15-6-7-18)12(19)16-13(20)17(11)8-9-4-2-1-3-5-9/h1-5,15,18H,6-8,14H2,(H,16,19,20). The Balaban J connectivity index is 2.42. The first-order valence-electron chi connectivity index (χ1n) is 6.14. The van der Waals surface area contributed by atoms with Gasteiger partial charge in [-0.1, -0.05) is 30.3 Å². The van der Waals surface area contributed by atoms with Crippen LogP contribution in [0.2, 0.25) is 0 Å². The van der Waals surface area contributed by atoms with Gasteiger partial charge < -0.3 is 16.2 Å². The van der Waals surface area contributed by atoms with Gasteiger partial charge in [-0.05, 0) is 5.56 Å². The van der Waals surface area contributed by atoms with Crippen molar-refractivity contribution in [1.29, 1.82) is 0 Å². The van der Waals surface area contributed by atoms with Crippen molar-refractivity contribution in [2.24, 2.45) is 0 Å². The van der Waals surface area contributed by atoms with Gasteiger partial charge >= 0.3 is 5.69 Å². The minimum Gasteiger partial charge on any atom is -0.395 e. The lowest BCUT2D eigenvalue weighted by Gasteiger charge is -2.13. The number of aliphatic hydroxyl groups excluding tert-OH is 1. The van der Waals surface area contributed by atoms with Crippen molar-refractivity contribution < 1.29 is 5.11 Å². The maximum Gasteiger partial charge on any atom is 0.330 e. The van der Waals surface area contributed by atoms with Crippen LogP contribution in [0.4, 0.5) is 11.5 Å². The van der Waals surface area contributed by atoms with Gasteiger partial charge in [-0.15, -0.1) is 0 Å². The molecular weight excluding hydrogens is 260 g/mol. The molecule has 0 aliphatic carbocycles. The first-order valence-corrected chi connectivity index (χ1v) is 6.14. The van der Waals surface area contributed by atoms with E-state index >= 15 is 0 Å². The SMILES string of the molecule is Nc1c(NCCO)c(=O)[nH]c(=O)n1Cc1ccccc1. The lowest BCUT2D eigenvalue weighted by molar-refractivity contribution is 0.311. The van der Waals surface area contributed by atoms with E-state index in [0.717, 1.165) is 5.56 Å². The molecular formula is C13H16N4O3. The van der Waals surface area contributed by atoms with Crippen molar-refractivity contribution in [1.82, 2.24) is 9.55 Å². The van der Waals surface area contributed by atoms with Crippen LogP contribution in [-0.4, -0.2) is 27.8 Å². The molecule has 5 N–H and O–H groups in total. The topological polar surface area (TPSA) is 113 Å². The van der Waals surface area contributed by atoms with E-state index in [2.05, 4.69) is 10.3 Å². The number of hydrogen-bond acceptors (Lipinski definition) is 5. The predicted molar refractivity (Wildman–Crippen MR) is 76.9 cm³/mol. The van der Waals surface area contributed by atoms with Crippen LogP contribution < -0.4 is 22.3 Å². The van der Waals surface area contributed by atoms with Crippen molar-refractivity contribution in [3.8, 4) is 0 Å². The number of benzene rings is 1. The molecule has 2 aromatic rings. The molecule has 0 spiro atoms. The highest BCUT2D eigenvalue weighted by Gasteiger charge is 2.11. The van der Waals surface area contributed by atoms with E-state index in [-0.39, 0.29) is 31.2 Å². The number of aliphatic hydroxyl groups is 1. The van der Waals surface area contributed by atoms with Gasteiger partial charge in [0.15, 0.2) is 0 Å². The smallest absolute Gasteiger partial charge is 0.330 e. The lowest BCUT2D eigenvalue weighted by Crippen LogP contribution is -2.34. The monoisotopic (exact) mass is 276 g/mol. The summed E-state index contributed by atoms with van der Waals surface area (Å²) >= 11 is 0. The summed E-state index contributed by atoms with van der Waals surface area (Å²) in [4.78, 5) is 25.7. The van der Waals surface area contributed by atoms with Crippen LogP contribution in [0.5, 0.6) is 0 Å². The average Bonchev–Trinajstić information content (AvgIpc) is 2.44. The highest BCUT2D eigenvalue weighted by Crippen LogP contribution is 2.11. The van der Waals surface area contributed by atoms with Crippen LogP contribution in [0.1, 0.15) is 5.56 Å². The first-order chi connectivity index (χ1) is 9.63. The summed E-state index contributed by atoms with van der Waals surface area (Å²) in [5, 5.41) is 11.5. The summed E-state index contributed by atoms with van der Waals surface area (Å²) in [5.41, 5.74) is 5.70. The number of anilines is 2. The third kappa shape index (κ3) is 2.89. The van der Waals surface area contributed by atoms with Gasteiger partial charge in [0.25, 0.3) is 5.56 Å². The van der Waals surface area contributed by atoms with Crippen molar-refractivity contribution in [2.45, 2.75) is 6.54 Å². The Morgan fingerprint density at radius 2 is 1.95 bits per heavy atom. The molecule has 7 nitrogen and oxygen atoms in total. The molecule has 106 valence electrons. The van der Waals surface area contributed by atoms with E-state index in [0.29, 0.717) is 0 Å². The molecule has 0 saturated carbocycles. The predicted octanol–water partition coefficient (Wildman–Crippen LogP) is -0.429. The second-order valence-electron chi connectivity index (χ2n) is 4.24. The van der Waals surface area contributed by atoms with Crippen LogP contribution in [0.25, 0.3) is 0 Å². The second kappa shape index (κ2) is 6.07. The first kappa shape index (κ1) is 13.9. The molecule has 0 bridgehead atoms. The van der Waals surface area contributed by atoms with E-state index in [4.69, 9.17) is 10.8 Å². The highest BCUT2D eigenvalue weighted by atomic mass is 16.3. The van der Waals surface area contributed by atoms with E-state index in [9.17, 15) is 9.59 Å². The average molecular weight is 276 g/mol. The summed E-state index contributed by atoms with van der Waals surface area (Å²) in [6.07, 6.45) is 0. The number of nitrogens with one attached hydrogen (secondary N) is 2. The Hall–Kier alpha value is -2.54. The van der Waals surface area contributed by atoms with Gasteiger partial charge in [-0.2, -0.15) is 0 Å². The number of hydrogen-bond donors (Lipinski definition) is 4. The third-order valence-electron chi connectivity index (χ3n) is 2.84. The molecule has 0 aliphatic heterocycles. The van der Waals surface area contributed by atoms with Crippen LogP contribution in [-0.2, 0) is 6.54 Å². The quantitative estimate of drug-likeness (QED) is 0.592. The lowest BCUT2D eigenvalue weighted by atomic mass is 10.2. The van der Waals surface area contributed by atoms with Crippen LogP contribution in [0.15, 0.2) is 39.9 Å². The molecule has 0 fully saturated rings. The van der Waals surface area contributed by atoms with Gasteiger partial charge in [0.05, 0.1) is 13.2 Å². The maximum atomic E-state index is 11.8. The van der Waals surface area contributed by atoms with E-state index in [1.807, 2.05) is 30.3 Å². The van der Waals surface area contributed by atoms with Crippen molar-refractivity contribution in [2.75, 3.05) is 24.2 Å². The van der Waals surface area contributed by atoms with Crippen molar-refractivity contribution in [3.05, 3.63) is 56.7 Å². The van der Waals surface area contributed by atoms with Gasteiger partial charge in [-0.25, -0.2) is 4.79 Å². The summed E-state index contributed by atoms with van der Waals surface area (Å²) in [7, 11) is 0. The molecule has 0 aliphatic rings. The zero-order chi connectivity index (χ0) is 14.5. The second-order valence-corrected chi connectivity index (χ2v) is 4.24. The number of nitrogen functional groups attached to an aromatic ring is 1. The minimum absolute atomic E-state index is 0.0519. The molecule has 0 unspecified atom stereocenters. The summed E-state index contributed by atoms with van der Waals surface area (Å²) in [6, 6.07) is 9.30. The highest BCUT2D eigenvalue weighted by molar-refractivity contribution is 5.60. The maximum absolute atomic E-state index is 11.8. The van der Waals surface area contributed by atoms with E-state index in [1.54, 1.807) is 0 Å². The molecule has 0 saturated heterocycles. The number of nitrogens with zero attached hydrogens (tertiary/aromatic N) is 1. The zero-order valence-corrected chi connectivity index (χ0v) is 10.8. The molecule has 20 heavy (non-hydrogen) atoms. The fourth-order valence-electron chi connectivity index (χ4n) is 1.86.